The number of nitriles is 1. The van der Waals surface area contributed by atoms with Crippen LogP contribution in [0.3, 0.4) is 0 Å². The van der Waals surface area contributed by atoms with Crippen molar-refractivity contribution in [3.63, 3.8) is 0 Å². The van der Waals surface area contributed by atoms with Crippen molar-refractivity contribution in [2.24, 2.45) is 0 Å². The zero-order valence-corrected chi connectivity index (χ0v) is 12.4. The molecule has 1 aliphatic carbocycles. The molecule has 4 heteroatoms. The molecule has 1 N–H and O–H groups in total. The van der Waals surface area contributed by atoms with Crippen molar-refractivity contribution in [3.05, 3.63) is 0 Å². The van der Waals surface area contributed by atoms with Gasteiger partial charge in [-0.2, -0.15) is 5.26 Å². The maximum absolute atomic E-state index is 9.21. The summed E-state index contributed by atoms with van der Waals surface area (Å²) in [5, 5.41) is 12.6. The van der Waals surface area contributed by atoms with Crippen molar-refractivity contribution in [2.45, 2.75) is 64.0 Å². The van der Waals surface area contributed by atoms with Crippen molar-refractivity contribution >= 4 is 0 Å². The van der Waals surface area contributed by atoms with Gasteiger partial charge in [-0.05, 0) is 39.0 Å². The third-order valence-corrected chi connectivity index (χ3v) is 3.33. The maximum Gasteiger partial charge on any atom is 0.104 e. The van der Waals surface area contributed by atoms with Gasteiger partial charge < -0.3 is 9.47 Å². The second kappa shape index (κ2) is 9.30. The van der Waals surface area contributed by atoms with E-state index in [1.165, 1.54) is 19.3 Å². The predicted molar refractivity (Wildman–Crippen MR) is 76.0 cm³/mol. The fraction of sp³-hybridized carbons (Fsp3) is 0.933. The normalized spacial score (nSPS) is 17.9. The van der Waals surface area contributed by atoms with Crippen LogP contribution in [0.15, 0.2) is 0 Å². The molecule has 19 heavy (non-hydrogen) atoms. The average Bonchev–Trinajstić information content (AvgIpc) is 3.20. The van der Waals surface area contributed by atoms with Gasteiger partial charge in [0.25, 0.3) is 0 Å². The molecule has 0 radical (unpaired) electrons. The van der Waals surface area contributed by atoms with Crippen LogP contribution in [-0.4, -0.2) is 38.0 Å². The molecule has 1 aliphatic rings. The van der Waals surface area contributed by atoms with Gasteiger partial charge in [-0.3, -0.25) is 5.32 Å². The molecule has 1 atom stereocenters. The molecule has 1 unspecified atom stereocenters. The quantitative estimate of drug-likeness (QED) is 0.553. The van der Waals surface area contributed by atoms with Crippen LogP contribution in [0.5, 0.6) is 0 Å². The molecule has 0 aromatic heterocycles. The van der Waals surface area contributed by atoms with Crippen molar-refractivity contribution < 1.29 is 9.47 Å². The molecule has 0 aromatic carbocycles. The number of nitrogens with one attached hydrogen (secondary N) is 1. The number of hydrogen-bond acceptors (Lipinski definition) is 4. The van der Waals surface area contributed by atoms with Gasteiger partial charge in [-0.25, -0.2) is 0 Å². The summed E-state index contributed by atoms with van der Waals surface area (Å²) in [7, 11) is 0. The Bertz CT molecular complexity index is 274. The largest absolute Gasteiger partial charge is 0.379 e. The fourth-order valence-corrected chi connectivity index (χ4v) is 1.93. The summed E-state index contributed by atoms with van der Waals surface area (Å²) in [5.41, 5.74) is -0.387. The molecule has 110 valence electrons. The number of hydrogen-bond donors (Lipinski definition) is 1. The lowest BCUT2D eigenvalue weighted by atomic mass is 9.98. The molecule has 0 amide bonds. The summed E-state index contributed by atoms with van der Waals surface area (Å²) in [6.07, 6.45) is 6.47. The van der Waals surface area contributed by atoms with Crippen LogP contribution < -0.4 is 5.32 Å². The summed E-state index contributed by atoms with van der Waals surface area (Å²) >= 11 is 0. The minimum absolute atomic E-state index is 0.387. The van der Waals surface area contributed by atoms with Gasteiger partial charge in [0.15, 0.2) is 0 Å². The van der Waals surface area contributed by atoms with E-state index < -0.39 is 0 Å². The van der Waals surface area contributed by atoms with Crippen LogP contribution in [0.25, 0.3) is 0 Å². The van der Waals surface area contributed by atoms with Crippen LogP contribution in [0.2, 0.25) is 0 Å². The predicted octanol–water partition coefficient (Wildman–Crippen LogP) is 2.63. The van der Waals surface area contributed by atoms with Crippen LogP contribution in [0.4, 0.5) is 0 Å². The lowest BCUT2D eigenvalue weighted by molar-refractivity contribution is 0.0442. The molecular formula is C15H28N2O2. The monoisotopic (exact) mass is 268 g/mol. The van der Waals surface area contributed by atoms with Gasteiger partial charge in [-0.15, -0.1) is 0 Å². The molecular weight excluding hydrogens is 240 g/mol. The molecule has 0 aliphatic heterocycles. The van der Waals surface area contributed by atoms with Crippen LogP contribution >= 0.6 is 0 Å². The first-order valence-corrected chi connectivity index (χ1v) is 7.54. The Morgan fingerprint density at radius 2 is 1.79 bits per heavy atom. The highest BCUT2D eigenvalue weighted by Crippen LogP contribution is 2.24. The summed E-state index contributed by atoms with van der Waals surface area (Å²) in [5.74, 6) is 0. The van der Waals surface area contributed by atoms with Crippen molar-refractivity contribution in [3.8, 4) is 6.07 Å². The van der Waals surface area contributed by atoms with E-state index in [-0.39, 0.29) is 5.54 Å². The minimum atomic E-state index is -0.387. The van der Waals surface area contributed by atoms with E-state index in [0.29, 0.717) is 25.9 Å². The van der Waals surface area contributed by atoms with Gasteiger partial charge in [0.05, 0.1) is 19.3 Å². The summed E-state index contributed by atoms with van der Waals surface area (Å²) < 4.78 is 10.9. The first-order chi connectivity index (χ1) is 9.20. The van der Waals surface area contributed by atoms with Gasteiger partial charge in [-0.1, -0.05) is 13.3 Å². The van der Waals surface area contributed by atoms with Crippen LogP contribution in [0.1, 0.15) is 52.4 Å². The Morgan fingerprint density at radius 1 is 1.16 bits per heavy atom. The van der Waals surface area contributed by atoms with E-state index in [1.807, 2.05) is 6.92 Å². The molecule has 0 saturated heterocycles. The molecule has 4 nitrogen and oxygen atoms in total. The van der Waals surface area contributed by atoms with E-state index in [9.17, 15) is 5.26 Å². The lowest BCUT2D eigenvalue weighted by Gasteiger charge is -2.23. The topological polar surface area (TPSA) is 54.3 Å². The third-order valence-electron chi connectivity index (χ3n) is 3.33. The maximum atomic E-state index is 9.21. The Labute approximate surface area is 117 Å². The highest BCUT2D eigenvalue weighted by Gasteiger charge is 2.31. The van der Waals surface area contributed by atoms with Gasteiger partial charge in [0.2, 0.25) is 0 Å². The standard InChI is InChI=1S/C15H28N2O2/c1-3-4-9-18-11-12-19-10-5-8-15(2,13-16)17-14-6-7-14/h14,17H,3-12H2,1-2H3. The van der Waals surface area contributed by atoms with Crippen molar-refractivity contribution in [1.82, 2.24) is 5.32 Å². The van der Waals surface area contributed by atoms with E-state index in [1.54, 1.807) is 0 Å². The summed E-state index contributed by atoms with van der Waals surface area (Å²) in [6, 6.07) is 2.95. The molecule has 0 heterocycles. The Kier molecular flexibility index (Phi) is 8.04. The van der Waals surface area contributed by atoms with E-state index in [4.69, 9.17) is 9.47 Å². The first kappa shape index (κ1) is 16.4. The SMILES string of the molecule is CCCCOCCOCCCC(C)(C#N)NC1CC1. The third kappa shape index (κ3) is 8.20. The first-order valence-electron chi connectivity index (χ1n) is 7.54. The molecule has 0 aromatic rings. The van der Waals surface area contributed by atoms with Gasteiger partial charge in [0.1, 0.15) is 5.54 Å². The zero-order chi connectivity index (χ0) is 14.0. The number of rotatable bonds is 12. The van der Waals surface area contributed by atoms with E-state index in [2.05, 4.69) is 18.3 Å². The van der Waals surface area contributed by atoms with Crippen molar-refractivity contribution in [2.75, 3.05) is 26.4 Å². The second-order valence-electron chi connectivity index (χ2n) is 5.54. The Morgan fingerprint density at radius 3 is 2.32 bits per heavy atom. The highest BCUT2D eigenvalue weighted by atomic mass is 16.5. The zero-order valence-electron chi connectivity index (χ0n) is 12.4. The fourth-order valence-electron chi connectivity index (χ4n) is 1.93. The smallest absolute Gasteiger partial charge is 0.104 e. The molecule has 0 bridgehead atoms. The second-order valence-corrected chi connectivity index (χ2v) is 5.54. The summed E-state index contributed by atoms with van der Waals surface area (Å²) in [6.45, 7) is 7.01. The lowest BCUT2D eigenvalue weighted by Crippen LogP contribution is -2.42. The van der Waals surface area contributed by atoms with E-state index >= 15 is 0 Å². The Hall–Kier alpha value is -0.630. The highest BCUT2D eigenvalue weighted by molar-refractivity contribution is 5.06. The van der Waals surface area contributed by atoms with Crippen LogP contribution in [-0.2, 0) is 9.47 Å². The van der Waals surface area contributed by atoms with Gasteiger partial charge in [0, 0.05) is 19.3 Å². The minimum Gasteiger partial charge on any atom is -0.379 e. The Balaban J connectivity index is 1.92. The number of nitrogens with zero attached hydrogens (tertiary/aromatic N) is 1. The van der Waals surface area contributed by atoms with E-state index in [0.717, 1.165) is 25.9 Å². The van der Waals surface area contributed by atoms with Crippen LogP contribution in [0, 0.1) is 11.3 Å². The number of ether oxygens (including phenoxy) is 2. The van der Waals surface area contributed by atoms with Crippen molar-refractivity contribution in [1.29, 1.82) is 5.26 Å². The summed E-state index contributed by atoms with van der Waals surface area (Å²) in [4.78, 5) is 0. The molecule has 1 saturated carbocycles. The molecule has 1 fully saturated rings. The van der Waals surface area contributed by atoms with Gasteiger partial charge >= 0.3 is 0 Å². The molecule has 0 spiro atoms. The number of unbranched alkanes of at least 4 members (excludes halogenated alkanes) is 1. The molecule has 1 rings (SSSR count). The average molecular weight is 268 g/mol.